The quantitative estimate of drug-likeness (QED) is 0.565. The summed E-state index contributed by atoms with van der Waals surface area (Å²) >= 11 is 1.29. The molecule has 0 unspecified atom stereocenters. The lowest BCUT2D eigenvalue weighted by atomic mass is 10.4. The zero-order valence-electron chi connectivity index (χ0n) is 5.77. The van der Waals surface area contributed by atoms with Crippen LogP contribution in [0.2, 0.25) is 0 Å². The predicted octanol–water partition coefficient (Wildman–Crippen LogP) is -0.0114. The molecular formula is C6H4N2O3S. The minimum absolute atomic E-state index is 0.0645. The van der Waals surface area contributed by atoms with E-state index >= 15 is 0 Å². The van der Waals surface area contributed by atoms with Gasteiger partial charge in [0.2, 0.25) is 0 Å². The van der Waals surface area contributed by atoms with E-state index in [2.05, 4.69) is 4.98 Å². The average molecular weight is 184 g/mol. The van der Waals surface area contributed by atoms with Gasteiger partial charge in [0.25, 0.3) is 5.56 Å². The van der Waals surface area contributed by atoms with Gasteiger partial charge in [0.15, 0.2) is 0 Å². The highest BCUT2D eigenvalue weighted by molar-refractivity contribution is 7.09. The van der Waals surface area contributed by atoms with Crippen molar-refractivity contribution >= 4 is 22.2 Å². The summed E-state index contributed by atoms with van der Waals surface area (Å²) in [6.45, 7) is 0. The molecule has 0 amide bonds. The maximum absolute atomic E-state index is 11.1. The summed E-state index contributed by atoms with van der Waals surface area (Å²) in [6, 6.07) is 0. The smallest absolute Gasteiger partial charge is 0.362 e. The second-order valence-electron chi connectivity index (χ2n) is 2.25. The Morgan fingerprint density at radius 3 is 2.92 bits per heavy atom. The van der Waals surface area contributed by atoms with Gasteiger partial charge in [-0.05, 0) is 0 Å². The van der Waals surface area contributed by atoms with Crippen LogP contribution in [-0.2, 0) is 0 Å². The van der Waals surface area contributed by atoms with Crippen LogP contribution >= 0.6 is 11.3 Å². The third-order valence-corrected chi connectivity index (χ3v) is 2.26. The van der Waals surface area contributed by atoms with Crippen molar-refractivity contribution in [1.82, 2.24) is 9.71 Å². The molecule has 0 spiro atoms. The van der Waals surface area contributed by atoms with Gasteiger partial charge in [-0.15, -0.1) is 11.3 Å². The Morgan fingerprint density at radius 1 is 1.42 bits per heavy atom. The van der Waals surface area contributed by atoms with Crippen molar-refractivity contribution in [2.45, 2.75) is 0 Å². The van der Waals surface area contributed by atoms with Crippen LogP contribution in [0.25, 0.3) is 10.9 Å². The lowest BCUT2D eigenvalue weighted by molar-refractivity contribution is 0.162. The first kappa shape index (κ1) is 7.11. The van der Waals surface area contributed by atoms with E-state index in [0.717, 1.165) is 0 Å². The number of rotatable bonds is 0. The highest BCUT2D eigenvalue weighted by Crippen LogP contribution is 2.09. The van der Waals surface area contributed by atoms with Crippen molar-refractivity contribution in [1.29, 1.82) is 0 Å². The predicted molar refractivity (Wildman–Crippen MR) is 43.9 cm³/mol. The highest BCUT2D eigenvalue weighted by Gasteiger charge is 2.05. The summed E-state index contributed by atoms with van der Waals surface area (Å²) in [5, 5.41) is 12.4. The molecule has 5 nitrogen and oxygen atoms in total. The molecule has 6 heteroatoms. The summed E-state index contributed by atoms with van der Waals surface area (Å²) in [6.07, 6.45) is 0. The van der Waals surface area contributed by atoms with Gasteiger partial charge < -0.3 is 10.2 Å². The molecule has 0 radical (unpaired) electrons. The number of nitrogens with one attached hydrogen (secondary N) is 1. The Kier molecular flexibility index (Phi) is 1.31. The highest BCUT2D eigenvalue weighted by atomic mass is 32.1. The minimum Gasteiger partial charge on any atom is -0.421 e. The number of aromatic amines is 1. The van der Waals surface area contributed by atoms with Crippen molar-refractivity contribution in [3.8, 4) is 0 Å². The molecule has 0 aliphatic heterocycles. The summed E-state index contributed by atoms with van der Waals surface area (Å²) < 4.78 is 0.0645. The first-order chi connectivity index (χ1) is 5.70. The van der Waals surface area contributed by atoms with Gasteiger partial charge >= 0.3 is 5.69 Å². The molecule has 2 aromatic rings. The Balaban J connectivity index is 3.16. The molecule has 0 aromatic carbocycles. The maximum Gasteiger partial charge on any atom is 0.362 e. The van der Waals surface area contributed by atoms with E-state index in [9.17, 15) is 9.59 Å². The van der Waals surface area contributed by atoms with Crippen LogP contribution in [0.1, 0.15) is 0 Å². The molecule has 12 heavy (non-hydrogen) atoms. The summed E-state index contributed by atoms with van der Waals surface area (Å²) in [7, 11) is 0. The van der Waals surface area contributed by atoms with Crippen LogP contribution in [0, 0.1) is 0 Å². The van der Waals surface area contributed by atoms with E-state index in [1.54, 1.807) is 10.8 Å². The second-order valence-corrected chi connectivity index (χ2v) is 2.99. The van der Waals surface area contributed by atoms with Gasteiger partial charge in [-0.3, -0.25) is 4.79 Å². The fourth-order valence-corrected chi connectivity index (χ4v) is 1.69. The van der Waals surface area contributed by atoms with Crippen LogP contribution in [0.4, 0.5) is 0 Å². The van der Waals surface area contributed by atoms with Crippen molar-refractivity contribution in [3.05, 3.63) is 31.6 Å². The van der Waals surface area contributed by atoms with Gasteiger partial charge in [-0.1, -0.05) is 4.73 Å². The molecule has 0 fully saturated rings. The number of H-pyrrole nitrogens is 1. The van der Waals surface area contributed by atoms with E-state index in [4.69, 9.17) is 5.21 Å². The molecule has 0 saturated carbocycles. The zero-order valence-corrected chi connectivity index (χ0v) is 6.59. The summed E-state index contributed by atoms with van der Waals surface area (Å²) in [5.74, 6) is 0. The Labute approximate surface area is 69.5 Å². The summed E-state index contributed by atoms with van der Waals surface area (Å²) in [4.78, 5) is 24.3. The molecule has 2 rings (SSSR count). The van der Waals surface area contributed by atoms with Crippen molar-refractivity contribution < 1.29 is 5.21 Å². The van der Waals surface area contributed by atoms with E-state index in [-0.39, 0.29) is 4.73 Å². The Bertz CT molecular complexity index is 535. The standard InChI is InChI=1S/C6H4N2O3S/c9-5-3-1-12-2-4(3)7-6(10)8(5)11/h1-2,11H,(H,7,10). The number of fused-ring (bicyclic) bond motifs is 1. The fourth-order valence-electron chi connectivity index (χ4n) is 0.934. The van der Waals surface area contributed by atoms with Crippen molar-refractivity contribution in [2.75, 3.05) is 0 Å². The first-order valence-corrected chi connectivity index (χ1v) is 4.05. The van der Waals surface area contributed by atoms with Crippen LogP contribution in [0.3, 0.4) is 0 Å². The van der Waals surface area contributed by atoms with E-state index in [1.807, 2.05) is 0 Å². The van der Waals surface area contributed by atoms with Gasteiger partial charge in [0, 0.05) is 10.8 Å². The maximum atomic E-state index is 11.1. The number of thiophene rings is 1. The molecule has 2 aromatic heterocycles. The molecule has 0 bridgehead atoms. The Morgan fingerprint density at radius 2 is 2.17 bits per heavy atom. The number of hydrogen-bond donors (Lipinski definition) is 2. The van der Waals surface area contributed by atoms with Crippen LogP contribution in [-0.4, -0.2) is 14.9 Å². The third kappa shape index (κ3) is 0.782. The Hall–Kier alpha value is -1.56. The van der Waals surface area contributed by atoms with Crippen LogP contribution in [0.15, 0.2) is 20.3 Å². The number of hydrogen-bond acceptors (Lipinski definition) is 4. The molecule has 0 aliphatic rings. The largest absolute Gasteiger partial charge is 0.421 e. The van der Waals surface area contributed by atoms with E-state index < -0.39 is 11.2 Å². The van der Waals surface area contributed by atoms with Gasteiger partial charge in [-0.2, -0.15) is 0 Å². The molecule has 0 atom stereocenters. The van der Waals surface area contributed by atoms with E-state index in [0.29, 0.717) is 10.9 Å². The minimum atomic E-state index is -0.814. The number of aromatic nitrogens is 2. The third-order valence-electron chi connectivity index (χ3n) is 1.52. The average Bonchev–Trinajstić information content (AvgIpc) is 2.48. The molecular weight excluding hydrogens is 180 g/mol. The molecule has 0 aliphatic carbocycles. The van der Waals surface area contributed by atoms with Crippen LogP contribution < -0.4 is 11.2 Å². The van der Waals surface area contributed by atoms with Gasteiger partial charge in [-0.25, -0.2) is 4.79 Å². The second kappa shape index (κ2) is 2.21. The lowest BCUT2D eigenvalue weighted by Crippen LogP contribution is -2.32. The molecule has 0 saturated heterocycles. The van der Waals surface area contributed by atoms with Crippen molar-refractivity contribution in [3.63, 3.8) is 0 Å². The zero-order chi connectivity index (χ0) is 8.72. The lowest BCUT2D eigenvalue weighted by Gasteiger charge is -1.92. The van der Waals surface area contributed by atoms with Gasteiger partial charge in [0.05, 0.1) is 10.9 Å². The van der Waals surface area contributed by atoms with Crippen LogP contribution in [0.5, 0.6) is 0 Å². The molecule has 2 heterocycles. The molecule has 62 valence electrons. The number of nitrogens with zero attached hydrogens (tertiary/aromatic N) is 1. The normalized spacial score (nSPS) is 10.7. The molecule has 2 N–H and O–H groups in total. The van der Waals surface area contributed by atoms with Gasteiger partial charge in [0.1, 0.15) is 0 Å². The monoisotopic (exact) mass is 184 g/mol. The first-order valence-electron chi connectivity index (χ1n) is 3.10. The summed E-state index contributed by atoms with van der Waals surface area (Å²) in [5.41, 5.74) is -1.04. The van der Waals surface area contributed by atoms with Crippen molar-refractivity contribution in [2.24, 2.45) is 0 Å². The topological polar surface area (TPSA) is 75.1 Å². The fraction of sp³-hybridized carbons (Fsp3) is 0. The van der Waals surface area contributed by atoms with E-state index in [1.165, 1.54) is 11.3 Å². The SMILES string of the molecule is O=c1[nH]c2cscc2c(=O)n1O.